The molecule has 1 amide bonds. The smallest absolute Gasteiger partial charge is 0.388 e. The Morgan fingerprint density at radius 3 is 2.27 bits per heavy atom. The van der Waals surface area contributed by atoms with E-state index in [1.54, 1.807) is 0 Å². The molecule has 1 aromatic heterocycles. The Labute approximate surface area is 221 Å². The van der Waals surface area contributed by atoms with Crippen LogP contribution in [0.25, 0.3) is 0 Å². The van der Waals surface area contributed by atoms with E-state index in [0.29, 0.717) is 4.57 Å². The van der Waals surface area contributed by atoms with Gasteiger partial charge in [0.1, 0.15) is 36.6 Å². The Morgan fingerprint density at radius 2 is 1.68 bits per heavy atom. The Balaban J connectivity index is 1.59. The molecule has 9 N–H and O–H groups in total. The minimum Gasteiger partial charge on any atom is -0.388 e. The summed E-state index contributed by atoms with van der Waals surface area (Å²) in [4.78, 5) is 67.9. The van der Waals surface area contributed by atoms with Crippen LogP contribution in [0.4, 0.5) is 0 Å². The Bertz CT molecular complexity index is 1320. The molecule has 0 aliphatic carbocycles. The molecule has 0 bridgehead atoms. The van der Waals surface area contributed by atoms with E-state index < -0.39 is 101 Å². The summed E-state index contributed by atoms with van der Waals surface area (Å²) >= 11 is 0. The molecular weight excluding hydrogens is 596 g/mol. The minimum atomic E-state index is -5.84. The Hall–Kier alpha value is -2.36. The maximum atomic E-state index is 12.2. The predicted molar refractivity (Wildman–Crippen MR) is 121 cm³/mol. The van der Waals surface area contributed by atoms with Crippen molar-refractivity contribution in [2.45, 2.75) is 62.1 Å². The molecule has 2 aliphatic rings. The lowest BCUT2D eigenvalue weighted by molar-refractivity contribution is -0.248. The number of phosphoric ester groups is 2. The van der Waals surface area contributed by atoms with Crippen LogP contribution in [0, 0.1) is 0 Å². The average Bonchev–Trinajstić information content (AvgIpc) is 3.10. The number of phosphoric acid groups is 2. The lowest BCUT2D eigenvalue weighted by Crippen LogP contribution is -2.64. The van der Waals surface area contributed by atoms with Gasteiger partial charge in [-0.25, -0.2) is 18.7 Å². The lowest BCUT2D eigenvalue weighted by atomic mass is 9.97. The summed E-state index contributed by atoms with van der Waals surface area (Å²) in [6, 6.07) is -0.696. The molecule has 3 heterocycles. The van der Waals surface area contributed by atoms with E-state index in [4.69, 9.17) is 9.47 Å². The summed E-state index contributed by atoms with van der Waals surface area (Å²) < 4.78 is 47.4. The van der Waals surface area contributed by atoms with Gasteiger partial charge in [0.2, 0.25) is 5.91 Å². The highest BCUT2D eigenvalue weighted by atomic mass is 31.3. The van der Waals surface area contributed by atoms with Crippen LogP contribution in [-0.4, -0.2) is 112 Å². The number of ether oxygens (including phenoxy) is 2. The van der Waals surface area contributed by atoms with E-state index in [1.807, 2.05) is 10.3 Å². The first kappa shape index (κ1) is 32.2. The van der Waals surface area contributed by atoms with Crippen molar-refractivity contribution in [2.75, 3.05) is 6.61 Å². The number of nitrogens with zero attached hydrogens (tertiary/aromatic N) is 1. The van der Waals surface area contributed by atoms with Crippen LogP contribution in [0.3, 0.4) is 0 Å². The zero-order chi connectivity index (χ0) is 30.2. The maximum Gasteiger partial charge on any atom is 0.538 e. The van der Waals surface area contributed by atoms with Gasteiger partial charge in [0.05, 0.1) is 6.61 Å². The van der Waals surface area contributed by atoms with Gasteiger partial charge in [0.15, 0.2) is 18.6 Å². The molecule has 0 radical (unpaired) electrons. The second-order valence-electron chi connectivity index (χ2n) is 8.44. The molecule has 0 aromatic carbocycles. The fourth-order valence-corrected chi connectivity index (χ4v) is 5.72. The number of aromatic amines is 1. The zero-order valence-corrected chi connectivity index (χ0v) is 21.8. The third-order valence-corrected chi connectivity index (χ3v) is 8.04. The number of aromatic nitrogens is 2. The number of H-pyrrole nitrogens is 1. The van der Waals surface area contributed by atoms with Gasteiger partial charge in [0, 0.05) is 19.2 Å². The summed E-state index contributed by atoms with van der Waals surface area (Å²) in [6.45, 7) is -0.0869. The highest BCUT2D eigenvalue weighted by Gasteiger charge is 2.51. The van der Waals surface area contributed by atoms with E-state index >= 15 is 0 Å². The number of carbonyl (C=O) groups is 2. The van der Waals surface area contributed by atoms with Gasteiger partial charge in [-0.15, -0.1) is 0 Å². The van der Waals surface area contributed by atoms with E-state index in [-0.39, 0.29) is 0 Å². The fourth-order valence-electron chi connectivity index (χ4n) is 3.69. The Kier molecular flexibility index (Phi) is 9.85. The summed E-state index contributed by atoms with van der Waals surface area (Å²) in [6.07, 6.45) is -14.6. The van der Waals surface area contributed by atoms with Crippen molar-refractivity contribution in [3.8, 4) is 0 Å². The van der Waals surface area contributed by atoms with Gasteiger partial charge < -0.3 is 49.7 Å². The lowest BCUT2D eigenvalue weighted by Gasteiger charge is -2.39. The van der Waals surface area contributed by atoms with Gasteiger partial charge in [0.25, 0.3) is 5.56 Å². The number of aliphatic hydroxyl groups is 5. The van der Waals surface area contributed by atoms with Crippen molar-refractivity contribution < 1.29 is 76.9 Å². The Morgan fingerprint density at radius 1 is 1.02 bits per heavy atom. The maximum absolute atomic E-state index is 12.2. The normalized spacial score (nSPS) is 35.4. The second-order valence-corrected chi connectivity index (χ2v) is 11.4. The number of rotatable bonds is 9. The van der Waals surface area contributed by atoms with Crippen LogP contribution in [0.15, 0.2) is 21.9 Å². The van der Waals surface area contributed by atoms with Gasteiger partial charge in [-0.1, -0.05) is 0 Å². The molecule has 2 saturated heterocycles. The number of nitrogens with one attached hydrogen (secondary N) is 2. The highest BCUT2D eigenvalue weighted by molar-refractivity contribution is 7.61. The van der Waals surface area contributed by atoms with Crippen LogP contribution in [0.1, 0.15) is 13.2 Å². The largest absolute Gasteiger partial charge is 0.538 e. The molecule has 1 aromatic rings. The van der Waals surface area contributed by atoms with E-state index in [9.17, 15) is 63.6 Å². The summed E-state index contributed by atoms with van der Waals surface area (Å²) in [5, 5.41) is 52.3. The number of hydrogen-bond donors (Lipinski definition) is 9. The van der Waals surface area contributed by atoms with Crippen LogP contribution < -0.4 is 16.6 Å². The van der Waals surface area contributed by atoms with E-state index in [2.05, 4.69) is 13.4 Å². The monoisotopic (exact) mass is 621 g/mol. The molecule has 3 rings (SSSR count). The molecule has 21 nitrogen and oxygen atoms in total. The SMILES string of the molecule is CC(=O)N[C@H]1[C@@H](O)[C@H](O)[C@@H](C(=O)OP(=O)(O)OP(=O)(O)OC[C@H]2O[C@@H](n3ccc(=O)[nH]c3=O)[C@H](O)[C@@H]2O)O[C@H]1O. The first-order valence-electron chi connectivity index (χ1n) is 11.0. The third kappa shape index (κ3) is 7.47. The van der Waals surface area contributed by atoms with Gasteiger partial charge >= 0.3 is 27.3 Å². The van der Waals surface area contributed by atoms with Crippen LogP contribution in [0.5, 0.6) is 0 Å². The molecule has 2 fully saturated rings. The van der Waals surface area contributed by atoms with E-state index in [0.717, 1.165) is 19.2 Å². The molecule has 2 unspecified atom stereocenters. The van der Waals surface area contributed by atoms with Crippen molar-refractivity contribution in [2.24, 2.45) is 0 Å². The summed E-state index contributed by atoms with van der Waals surface area (Å²) in [7, 11) is -11.5. The first-order valence-corrected chi connectivity index (χ1v) is 14.0. The summed E-state index contributed by atoms with van der Waals surface area (Å²) in [5.41, 5.74) is -1.80. The van der Waals surface area contributed by atoms with Crippen LogP contribution in [-0.2, 0) is 41.6 Å². The van der Waals surface area contributed by atoms with Crippen molar-refractivity contribution in [1.29, 1.82) is 0 Å². The van der Waals surface area contributed by atoms with E-state index in [1.165, 1.54) is 0 Å². The predicted octanol–water partition coefficient (Wildman–Crippen LogP) is -5.12. The number of aliphatic hydroxyl groups excluding tert-OH is 5. The first-order chi connectivity index (χ1) is 18.4. The quantitative estimate of drug-likeness (QED) is 0.116. The molecular formula is C17H25N3O18P2. The van der Waals surface area contributed by atoms with Crippen molar-refractivity contribution in [1.82, 2.24) is 14.9 Å². The standard InChI is InChI=1S/C17H25N3O18P2/c1-5(21)18-8-10(24)11(25)13(36-15(8)27)16(28)37-40(32,33)38-39(30,31)34-4-6-9(23)12(26)14(35-6)20-3-2-7(22)19-17(20)29/h2-3,6,8-15,23-27H,4H2,1H3,(H,18,21)(H,30,31)(H,32,33)(H,19,22,29)/t6-,8+,9-,10-,11+,12-,13+,14-,15-/m1/s1. The molecule has 23 heteroatoms. The number of amides is 1. The molecule has 0 saturated carbocycles. The number of carbonyl (C=O) groups excluding carboxylic acids is 2. The molecule has 2 aliphatic heterocycles. The number of hydrogen-bond acceptors (Lipinski definition) is 16. The second kappa shape index (κ2) is 12.2. The van der Waals surface area contributed by atoms with Crippen molar-refractivity contribution in [3.05, 3.63) is 33.1 Å². The van der Waals surface area contributed by atoms with Crippen molar-refractivity contribution >= 4 is 27.5 Å². The van der Waals surface area contributed by atoms with Crippen molar-refractivity contribution in [3.63, 3.8) is 0 Å². The molecule has 0 spiro atoms. The van der Waals surface area contributed by atoms with Gasteiger partial charge in [-0.2, -0.15) is 4.31 Å². The van der Waals surface area contributed by atoms with Gasteiger partial charge in [-0.3, -0.25) is 28.6 Å². The minimum absolute atomic E-state index is 0.694. The highest BCUT2D eigenvalue weighted by Crippen LogP contribution is 2.60. The molecule has 40 heavy (non-hydrogen) atoms. The molecule has 11 atom stereocenters. The average molecular weight is 621 g/mol. The van der Waals surface area contributed by atoms with Crippen LogP contribution >= 0.6 is 15.6 Å². The third-order valence-electron chi connectivity index (χ3n) is 5.50. The topological polar surface area (TPSA) is 323 Å². The van der Waals surface area contributed by atoms with Crippen LogP contribution in [0.2, 0.25) is 0 Å². The zero-order valence-electron chi connectivity index (χ0n) is 20.0. The fraction of sp³-hybridized carbons (Fsp3) is 0.647. The summed E-state index contributed by atoms with van der Waals surface area (Å²) in [5.74, 6) is -2.69. The van der Waals surface area contributed by atoms with Gasteiger partial charge in [-0.05, 0) is 0 Å². The molecule has 226 valence electrons.